The number of imide groups is 1. The lowest BCUT2D eigenvalue weighted by Gasteiger charge is -2.38. The predicted molar refractivity (Wildman–Crippen MR) is 75.4 cm³/mol. The van der Waals surface area contributed by atoms with Gasteiger partial charge in [-0.1, -0.05) is 32.1 Å². The zero-order valence-corrected chi connectivity index (χ0v) is 12.4. The number of carbonyl (C=O) groups excluding carboxylic acids is 2. The Bertz CT molecular complexity index is 473. The molecule has 0 radical (unpaired) electrons. The Morgan fingerprint density at radius 3 is 2.14 bits per heavy atom. The molecule has 21 heavy (non-hydrogen) atoms. The van der Waals surface area contributed by atoms with Gasteiger partial charge < -0.3 is 5.11 Å². The van der Waals surface area contributed by atoms with Crippen LogP contribution in [0.3, 0.4) is 0 Å². The van der Waals surface area contributed by atoms with E-state index in [1.165, 1.54) is 4.90 Å². The van der Waals surface area contributed by atoms with Crippen molar-refractivity contribution < 1.29 is 19.5 Å². The summed E-state index contributed by atoms with van der Waals surface area (Å²) < 4.78 is 0. The highest BCUT2D eigenvalue weighted by molar-refractivity contribution is 6.07. The van der Waals surface area contributed by atoms with Gasteiger partial charge >= 0.3 is 5.97 Å². The van der Waals surface area contributed by atoms with Gasteiger partial charge in [-0.25, -0.2) is 0 Å². The molecule has 116 valence electrons. The lowest BCUT2D eigenvalue weighted by atomic mass is 9.73. The summed E-state index contributed by atoms with van der Waals surface area (Å²) in [5, 5.41) is 9.22. The predicted octanol–water partition coefficient (Wildman–Crippen LogP) is 2.48. The molecule has 2 amide bonds. The summed E-state index contributed by atoms with van der Waals surface area (Å²) in [5.41, 5.74) is -1.26. The molecule has 1 aliphatic heterocycles. The van der Waals surface area contributed by atoms with Crippen LogP contribution in [0.15, 0.2) is 0 Å². The van der Waals surface area contributed by atoms with E-state index in [1.54, 1.807) is 0 Å². The normalized spacial score (nSPS) is 27.5. The Labute approximate surface area is 124 Å². The molecular formula is C16H23NO4. The number of rotatable bonds is 3. The Morgan fingerprint density at radius 1 is 1.00 bits per heavy atom. The Balaban J connectivity index is 1.91. The third-order valence-corrected chi connectivity index (χ3v) is 5.70. The Hall–Kier alpha value is -1.39. The molecule has 3 aliphatic rings. The smallest absolute Gasteiger partial charge is 0.305 e. The molecule has 3 fully saturated rings. The van der Waals surface area contributed by atoms with Crippen LogP contribution in [-0.2, 0) is 14.4 Å². The minimum atomic E-state index is -0.915. The number of amides is 2. The fraction of sp³-hybridized carbons (Fsp3) is 0.812. The van der Waals surface area contributed by atoms with E-state index in [0.717, 1.165) is 44.9 Å². The molecule has 5 nitrogen and oxygen atoms in total. The highest BCUT2D eigenvalue weighted by Crippen LogP contribution is 2.50. The van der Waals surface area contributed by atoms with Crippen LogP contribution in [0.1, 0.15) is 70.6 Å². The highest BCUT2D eigenvalue weighted by Gasteiger charge is 2.58. The first-order valence-electron chi connectivity index (χ1n) is 8.09. The SMILES string of the molecule is O=C(O)CC1(N2C(=O)CC3(CCCCC3)C2=O)CCCC1. The van der Waals surface area contributed by atoms with Crippen molar-refractivity contribution in [3.63, 3.8) is 0 Å². The molecule has 0 aromatic carbocycles. The minimum absolute atomic E-state index is 0.0737. The van der Waals surface area contributed by atoms with Gasteiger partial charge in [0.15, 0.2) is 0 Å². The highest BCUT2D eigenvalue weighted by atomic mass is 16.4. The van der Waals surface area contributed by atoms with Crippen molar-refractivity contribution >= 4 is 17.8 Å². The lowest BCUT2D eigenvalue weighted by molar-refractivity contribution is -0.152. The quantitative estimate of drug-likeness (QED) is 0.811. The molecule has 0 atom stereocenters. The van der Waals surface area contributed by atoms with E-state index in [1.807, 2.05) is 0 Å². The van der Waals surface area contributed by atoms with Crippen LogP contribution >= 0.6 is 0 Å². The summed E-state index contributed by atoms with van der Waals surface area (Å²) in [7, 11) is 0. The monoisotopic (exact) mass is 293 g/mol. The zero-order chi connectivity index (χ0) is 15.1. The number of likely N-dealkylation sites (tertiary alicyclic amines) is 1. The van der Waals surface area contributed by atoms with Gasteiger partial charge in [-0.2, -0.15) is 0 Å². The fourth-order valence-corrected chi connectivity index (χ4v) is 4.69. The van der Waals surface area contributed by atoms with Gasteiger partial charge in [0, 0.05) is 6.42 Å². The van der Waals surface area contributed by atoms with Gasteiger partial charge in [-0.05, 0) is 25.7 Å². The van der Waals surface area contributed by atoms with Crippen molar-refractivity contribution in [2.45, 2.75) is 76.2 Å². The largest absolute Gasteiger partial charge is 0.481 e. The van der Waals surface area contributed by atoms with Crippen LogP contribution in [0, 0.1) is 5.41 Å². The molecule has 0 aromatic heterocycles. The van der Waals surface area contributed by atoms with E-state index in [2.05, 4.69) is 0 Å². The van der Waals surface area contributed by atoms with Crippen LogP contribution < -0.4 is 0 Å². The second-order valence-electron chi connectivity index (χ2n) is 7.05. The van der Waals surface area contributed by atoms with Crippen LogP contribution in [0.5, 0.6) is 0 Å². The van der Waals surface area contributed by atoms with Crippen molar-refractivity contribution in [1.82, 2.24) is 4.90 Å². The van der Waals surface area contributed by atoms with Crippen LogP contribution in [0.25, 0.3) is 0 Å². The third kappa shape index (κ3) is 2.27. The van der Waals surface area contributed by atoms with Gasteiger partial charge in [-0.15, -0.1) is 0 Å². The van der Waals surface area contributed by atoms with Crippen LogP contribution in [0.2, 0.25) is 0 Å². The van der Waals surface area contributed by atoms with E-state index in [-0.39, 0.29) is 18.2 Å². The molecule has 0 unspecified atom stereocenters. The average molecular weight is 293 g/mol. The summed E-state index contributed by atoms with van der Waals surface area (Å²) in [6.07, 6.45) is 8.00. The molecule has 1 N–H and O–H groups in total. The summed E-state index contributed by atoms with van der Waals surface area (Å²) in [5.74, 6) is -1.12. The topological polar surface area (TPSA) is 74.7 Å². The number of carboxylic acids is 1. The molecule has 2 aliphatic carbocycles. The van der Waals surface area contributed by atoms with Crippen LogP contribution in [-0.4, -0.2) is 33.3 Å². The summed E-state index contributed by atoms with van der Waals surface area (Å²) in [6, 6.07) is 0. The maximum Gasteiger partial charge on any atom is 0.305 e. The van der Waals surface area contributed by atoms with E-state index < -0.39 is 16.9 Å². The Morgan fingerprint density at radius 2 is 1.57 bits per heavy atom. The number of carboxylic acid groups (broad SMARTS) is 1. The van der Waals surface area contributed by atoms with E-state index in [9.17, 15) is 19.5 Å². The molecule has 1 spiro atoms. The number of aliphatic carboxylic acids is 1. The molecule has 2 saturated carbocycles. The van der Waals surface area contributed by atoms with Gasteiger partial charge in [0.25, 0.3) is 0 Å². The fourth-order valence-electron chi connectivity index (χ4n) is 4.69. The van der Waals surface area contributed by atoms with Gasteiger partial charge in [-0.3, -0.25) is 19.3 Å². The number of nitrogens with zero attached hydrogens (tertiary/aromatic N) is 1. The second kappa shape index (κ2) is 5.11. The molecule has 5 heteroatoms. The van der Waals surface area contributed by atoms with Gasteiger partial charge in [0.2, 0.25) is 11.8 Å². The molecular weight excluding hydrogens is 270 g/mol. The van der Waals surface area contributed by atoms with Crippen molar-refractivity contribution in [1.29, 1.82) is 0 Å². The maximum absolute atomic E-state index is 13.0. The maximum atomic E-state index is 13.0. The number of hydrogen-bond acceptors (Lipinski definition) is 3. The Kier molecular flexibility index (Phi) is 3.54. The molecule has 3 rings (SSSR count). The summed E-state index contributed by atoms with van der Waals surface area (Å²) in [6.45, 7) is 0. The van der Waals surface area contributed by atoms with Gasteiger partial charge in [0.1, 0.15) is 0 Å². The minimum Gasteiger partial charge on any atom is -0.481 e. The lowest BCUT2D eigenvalue weighted by Crippen LogP contribution is -2.52. The number of carbonyl (C=O) groups is 3. The summed E-state index contributed by atoms with van der Waals surface area (Å²) >= 11 is 0. The molecule has 1 saturated heterocycles. The van der Waals surface area contributed by atoms with Crippen molar-refractivity contribution in [2.75, 3.05) is 0 Å². The van der Waals surface area contributed by atoms with Crippen LogP contribution in [0.4, 0.5) is 0 Å². The standard InChI is InChI=1S/C16H23NO4/c18-12-10-15(6-2-1-3-7-15)14(21)17(12)16(11-13(19)20)8-4-5-9-16/h1-11H2,(H,19,20). The van der Waals surface area contributed by atoms with Crippen molar-refractivity contribution in [3.05, 3.63) is 0 Å². The van der Waals surface area contributed by atoms with E-state index >= 15 is 0 Å². The number of hydrogen-bond donors (Lipinski definition) is 1. The second-order valence-corrected chi connectivity index (χ2v) is 7.05. The first-order chi connectivity index (χ1) is 9.99. The molecule has 1 heterocycles. The van der Waals surface area contributed by atoms with Crippen molar-refractivity contribution in [2.24, 2.45) is 5.41 Å². The van der Waals surface area contributed by atoms with Crippen molar-refractivity contribution in [3.8, 4) is 0 Å². The molecule has 0 bridgehead atoms. The van der Waals surface area contributed by atoms with E-state index in [4.69, 9.17) is 0 Å². The van der Waals surface area contributed by atoms with Gasteiger partial charge in [0.05, 0.1) is 17.4 Å². The van der Waals surface area contributed by atoms with E-state index in [0.29, 0.717) is 19.3 Å². The molecule has 0 aromatic rings. The third-order valence-electron chi connectivity index (χ3n) is 5.70. The zero-order valence-electron chi connectivity index (χ0n) is 12.4. The summed E-state index contributed by atoms with van der Waals surface area (Å²) in [4.78, 5) is 38.2. The first kappa shape index (κ1) is 14.5. The first-order valence-corrected chi connectivity index (χ1v) is 8.09. The average Bonchev–Trinajstić information content (AvgIpc) is 2.95.